The van der Waals surface area contributed by atoms with E-state index in [2.05, 4.69) is 0 Å². The first-order valence-electron chi connectivity index (χ1n) is 8.29. The molecule has 0 saturated heterocycles. The van der Waals surface area contributed by atoms with Gasteiger partial charge in [-0.15, -0.1) is 0 Å². The van der Waals surface area contributed by atoms with E-state index >= 15 is 0 Å². The van der Waals surface area contributed by atoms with Gasteiger partial charge in [0.15, 0.2) is 0 Å². The quantitative estimate of drug-likeness (QED) is 0.662. The van der Waals surface area contributed by atoms with E-state index in [1.165, 1.54) is 0 Å². The first-order valence-corrected chi connectivity index (χ1v) is 8.29. The lowest BCUT2D eigenvalue weighted by Gasteiger charge is -2.23. The molecule has 0 spiro atoms. The predicted octanol–water partition coefficient (Wildman–Crippen LogP) is 5.34. The van der Waals surface area contributed by atoms with E-state index in [-0.39, 0.29) is 5.97 Å². The van der Waals surface area contributed by atoms with Gasteiger partial charge in [-0.2, -0.15) is 0 Å². The zero-order valence-corrected chi connectivity index (χ0v) is 14.2. The van der Waals surface area contributed by atoms with Crippen molar-refractivity contribution in [1.82, 2.24) is 0 Å². The highest BCUT2D eigenvalue weighted by Crippen LogP contribution is 2.58. The van der Waals surface area contributed by atoms with Crippen molar-refractivity contribution in [2.24, 2.45) is 0 Å². The summed E-state index contributed by atoms with van der Waals surface area (Å²) < 4.78 is 38.2. The topological polar surface area (TPSA) is 35.5 Å². The molecule has 1 aliphatic carbocycles. The van der Waals surface area contributed by atoms with Crippen LogP contribution in [-0.4, -0.2) is 18.5 Å². The molecule has 2 aromatic rings. The molecule has 0 N–H and O–H groups in total. The lowest BCUT2D eigenvalue weighted by molar-refractivity contribution is -0.0200. The maximum atomic E-state index is 13.8. The highest BCUT2D eigenvalue weighted by molar-refractivity contribution is 5.89. The largest absolute Gasteiger partial charge is 0.462 e. The second-order valence-electron chi connectivity index (χ2n) is 6.34. The highest BCUT2D eigenvalue weighted by atomic mass is 19.3. The van der Waals surface area contributed by atoms with Crippen LogP contribution < -0.4 is 4.74 Å². The summed E-state index contributed by atoms with van der Waals surface area (Å²) in [6.07, 6.45) is 1.01. The monoisotopic (exact) mass is 346 g/mol. The number of carbonyl (C=O) groups is 1. The fraction of sp³-hybridized carbons (Fsp3) is 0.350. The summed E-state index contributed by atoms with van der Waals surface area (Å²) in [7, 11) is 0. The molecule has 1 saturated carbocycles. The van der Waals surface area contributed by atoms with Crippen molar-refractivity contribution >= 4 is 5.97 Å². The molecule has 3 nitrogen and oxygen atoms in total. The number of rotatable bonds is 6. The number of alkyl halides is 2. The summed E-state index contributed by atoms with van der Waals surface area (Å²) in [5.74, 6) is -1.99. The van der Waals surface area contributed by atoms with Crippen LogP contribution in [-0.2, 0) is 10.2 Å². The molecule has 0 amide bonds. The second-order valence-corrected chi connectivity index (χ2v) is 6.34. The smallest absolute Gasteiger partial charge is 0.338 e. The van der Waals surface area contributed by atoms with Crippen LogP contribution in [0.5, 0.6) is 11.5 Å². The Balaban J connectivity index is 1.69. The standard InChI is InChI=1S/C20H20F2O3/c1-3-24-18(23)14-4-8-16(9-5-14)25-17-10-6-15(7-11-17)20(12-13-20)19(2,21)22/h4-11H,3,12-13H2,1-2H3. The van der Waals surface area contributed by atoms with Crippen molar-refractivity contribution in [3.8, 4) is 11.5 Å². The summed E-state index contributed by atoms with van der Waals surface area (Å²) in [5.41, 5.74) is 0.0720. The SMILES string of the molecule is CCOC(=O)c1ccc(Oc2ccc(C3(C(C)(F)F)CC3)cc2)cc1. The van der Waals surface area contributed by atoms with Crippen LogP contribution in [0, 0.1) is 0 Å². The van der Waals surface area contributed by atoms with Crippen molar-refractivity contribution in [3.05, 3.63) is 59.7 Å². The molecule has 0 aliphatic heterocycles. The Bertz CT molecular complexity index is 742. The van der Waals surface area contributed by atoms with Gasteiger partial charge in [0.1, 0.15) is 11.5 Å². The molecule has 1 fully saturated rings. The van der Waals surface area contributed by atoms with E-state index in [9.17, 15) is 13.6 Å². The molecule has 25 heavy (non-hydrogen) atoms. The van der Waals surface area contributed by atoms with Gasteiger partial charge in [0, 0.05) is 6.92 Å². The van der Waals surface area contributed by atoms with Crippen LogP contribution in [0.4, 0.5) is 8.78 Å². The molecule has 1 aliphatic rings. The van der Waals surface area contributed by atoms with E-state index in [4.69, 9.17) is 9.47 Å². The molecule has 2 aromatic carbocycles. The van der Waals surface area contributed by atoms with Gasteiger partial charge >= 0.3 is 5.97 Å². The molecule has 0 atom stereocenters. The molecule has 5 heteroatoms. The average molecular weight is 346 g/mol. The van der Waals surface area contributed by atoms with Gasteiger partial charge in [0.25, 0.3) is 5.92 Å². The molecule has 0 radical (unpaired) electrons. The molecule has 0 unspecified atom stereocenters. The molecule has 0 bridgehead atoms. The van der Waals surface area contributed by atoms with Crippen LogP contribution in [0.3, 0.4) is 0 Å². The van der Waals surface area contributed by atoms with Crippen LogP contribution >= 0.6 is 0 Å². The van der Waals surface area contributed by atoms with Crippen molar-refractivity contribution in [1.29, 1.82) is 0 Å². The first-order chi connectivity index (χ1) is 11.9. The van der Waals surface area contributed by atoms with Gasteiger partial charge in [0.2, 0.25) is 0 Å². The summed E-state index contributed by atoms with van der Waals surface area (Å²) in [6, 6.07) is 13.4. The summed E-state index contributed by atoms with van der Waals surface area (Å²) >= 11 is 0. The normalized spacial score (nSPS) is 15.5. The van der Waals surface area contributed by atoms with E-state index in [1.54, 1.807) is 55.5 Å². The summed E-state index contributed by atoms with van der Waals surface area (Å²) in [4.78, 5) is 11.6. The minimum absolute atomic E-state index is 0.321. The lowest BCUT2D eigenvalue weighted by atomic mass is 9.90. The van der Waals surface area contributed by atoms with Gasteiger partial charge in [-0.25, -0.2) is 13.6 Å². The van der Waals surface area contributed by atoms with Crippen molar-refractivity contribution in [2.45, 2.75) is 38.0 Å². The third-order valence-corrected chi connectivity index (χ3v) is 4.60. The number of esters is 1. The van der Waals surface area contributed by atoms with Gasteiger partial charge < -0.3 is 9.47 Å². The summed E-state index contributed by atoms with van der Waals surface area (Å²) in [5, 5.41) is 0. The van der Waals surface area contributed by atoms with Crippen LogP contribution in [0.2, 0.25) is 0 Å². The Morgan fingerprint density at radius 1 is 1.04 bits per heavy atom. The van der Waals surface area contributed by atoms with Crippen molar-refractivity contribution in [3.63, 3.8) is 0 Å². The maximum Gasteiger partial charge on any atom is 0.338 e. The first kappa shape index (κ1) is 17.4. The van der Waals surface area contributed by atoms with Gasteiger partial charge in [-0.1, -0.05) is 12.1 Å². The van der Waals surface area contributed by atoms with Crippen LogP contribution in [0.25, 0.3) is 0 Å². The van der Waals surface area contributed by atoms with E-state index in [1.807, 2.05) is 0 Å². The number of ether oxygens (including phenoxy) is 2. The molecule has 3 rings (SSSR count). The zero-order chi connectivity index (χ0) is 18.1. The second kappa shape index (κ2) is 6.47. The molecule has 0 aromatic heterocycles. The zero-order valence-electron chi connectivity index (χ0n) is 14.2. The Morgan fingerprint density at radius 3 is 2.00 bits per heavy atom. The fourth-order valence-electron chi connectivity index (χ4n) is 2.96. The Kier molecular flexibility index (Phi) is 4.50. The number of halogens is 2. The lowest BCUT2D eigenvalue weighted by Crippen LogP contribution is -2.29. The van der Waals surface area contributed by atoms with E-state index in [0.29, 0.717) is 42.1 Å². The third-order valence-electron chi connectivity index (χ3n) is 4.60. The molecular weight excluding hydrogens is 326 g/mol. The van der Waals surface area contributed by atoms with Gasteiger partial charge in [-0.05, 0) is 61.7 Å². The average Bonchev–Trinajstić information content (AvgIpc) is 3.38. The molecule has 0 heterocycles. The Morgan fingerprint density at radius 2 is 1.56 bits per heavy atom. The van der Waals surface area contributed by atoms with Crippen molar-refractivity contribution in [2.75, 3.05) is 6.61 Å². The van der Waals surface area contributed by atoms with Gasteiger partial charge in [0.05, 0.1) is 17.6 Å². The summed E-state index contributed by atoms with van der Waals surface area (Å²) in [6.45, 7) is 3.05. The third kappa shape index (κ3) is 3.50. The minimum atomic E-state index is -2.72. The number of benzene rings is 2. The Hall–Kier alpha value is -2.43. The number of carbonyl (C=O) groups excluding carboxylic acids is 1. The van der Waals surface area contributed by atoms with Crippen LogP contribution in [0.1, 0.15) is 42.6 Å². The molecular formula is C20H20F2O3. The van der Waals surface area contributed by atoms with Crippen LogP contribution in [0.15, 0.2) is 48.5 Å². The van der Waals surface area contributed by atoms with Crippen molar-refractivity contribution < 1.29 is 23.0 Å². The molecule has 132 valence electrons. The van der Waals surface area contributed by atoms with E-state index in [0.717, 1.165) is 6.92 Å². The number of hydrogen-bond acceptors (Lipinski definition) is 3. The van der Waals surface area contributed by atoms with E-state index < -0.39 is 11.3 Å². The Labute approximate surface area is 145 Å². The fourth-order valence-corrected chi connectivity index (χ4v) is 2.96. The highest BCUT2D eigenvalue weighted by Gasteiger charge is 2.59. The predicted molar refractivity (Wildman–Crippen MR) is 90.4 cm³/mol. The maximum absolute atomic E-state index is 13.8. The minimum Gasteiger partial charge on any atom is -0.462 e. The number of hydrogen-bond donors (Lipinski definition) is 0. The van der Waals surface area contributed by atoms with Gasteiger partial charge in [-0.3, -0.25) is 0 Å².